The van der Waals surface area contributed by atoms with Crippen LogP contribution in [0.4, 0.5) is 0 Å². The normalized spacial score (nSPS) is 18.0. The van der Waals surface area contributed by atoms with Gasteiger partial charge in [0.2, 0.25) is 0 Å². The molecule has 8 nitrogen and oxygen atoms in total. The number of likely N-dealkylation sites (tertiary alicyclic amines) is 1. The lowest BCUT2D eigenvalue weighted by molar-refractivity contribution is -0.138. The Morgan fingerprint density at radius 3 is 2.75 bits per heavy atom. The van der Waals surface area contributed by atoms with Crippen LogP contribution >= 0.6 is 22.9 Å². The molecule has 1 atom stereocenters. The second kappa shape index (κ2) is 10.3. The van der Waals surface area contributed by atoms with Crippen molar-refractivity contribution in [1.82, 2.24) is 18.9 Å². The summed E-state index contributed by atoms with van der Waals surface area (Å²) in [6, 6.07) is 7.70. The van der Waals surface area contributed by atoms with Crippen LogP contribution in [0.3, 0.4) is 0 Å². The quantitative estimate of drug-likeness (QED) is 0.484. The molecule has 0 aliphatic carbocycles. The number of halogens is 1. The fourth-order valence-corrected chi connectivity index (χ4v) is 6.74. The highest BCUT2D eigenvalue weighted by Crippen LogP contribution is 2.44. The van der Waals surface area contributed by atoms with Gasteiger partial charge in [-0.25, -0.2) is 4.72 Å². The Morgan fingerprint density at radius 2 is 2.00 bits per heavy atom. The van der Waals surface area contributed by atoms with E-state index in [-0.39, 0.29) is 5.91 Å². The molecule has 1 saturated heterocycles. The Morgan fingerprint density at radius 1 is 1.22 bits per heavy atom. The monoisotopic (exact) mass is 548 g/mol. The van der Waals surface area contributed by atoms with Crippen LogP contribution in [0.25, 0.3) is 21.3 Å². The summed E-state index contributed by atoms with van der Waals surface area (Å²) in [5.41, 5.74) is 3.55. The molecule has 1 N–H and O–H groups in total. The summed E-state index contributed by atoms with van der Waals surface area (Å²) in [4.78, 5) is 20.6. The van der Waals surface area contributed by atoms with E-state index >= 15 is 0 Å². The van der Waals surface area contributed by atoms with E-state index in [4.69, 9.17) is 16.3 Å². The molecule has 0 spiro atoms. The molecule has 1 fully saturated rings. The third kappa shape index (κ3) is 5.10. The van der Waals surface area contributed by atoms with Crippen molar-refractivity contribution in [3.8, 4) is 16.9 Å². The lowest BCUT2D eigenvalue weighted by atomic mass is 10.0. The molecule has 5 rings (SSSR count). The van der Waals surface area contributed by atoms with Crippen LogP contribution in [0.2, 0.25) is 5.02 Å². The van der Waals surface area contributed by atoms with Crippen molar-refractivity contribution in [2.45, 2.75) is 38.2 Å². The first-order valence-electron chi connectivity index (χ1n) is 12.1. The second-order valence-electron chi connectivity index (χ2n) is 9.36. The van der Waals surface area contributed by atoms with Crippen LogP contribution in [0.15, 0.2) is 30.5 Å². The molecule has 1 amide bonds. The Bertz CT molecular complexity index is 1400. The summed E-state index contributed by atoms with van der Waals surface area (Å²) in [5, 5.41) is 0.596. The zero-order chi connectivity index (χ0) is 25.4. The number of amides is 1. The van der Waals surface area contributed by atoms with E-state index in [9.17, 15) is 13.2 Å². The van der Waals surface area contributed by atoms with Crippen LogP contribution in [-0.4, -0.2) is 68.3 Å². The molecule has 3 aromatic rings. The van der Waals surface area contributed by atoms with Gasteiger partial charge < -0.3 is 9.64 Å². The summed E-state index contributed by atoms with van der Waals surface area (Å²) in [7, 11) is -0.483. The number of benzene rings is 1. The van der Waals surface area contributed by atoms with Crippen molar-refractivity contribution < 1.29 is 17.9 Å². The molecule has 192 valence electrons. The van der Waals surface area contributed by atoms with Gasteiger partial charge in [0.05, 0.1) is 10.2 Å². The summed E-state index contributed by atoms with van der Waals surface area (Å²) in [6.07, 6.45) is 5.51. The van der Waals surface area contributed by atoms with E-state index in [0.29, 0.717) is 30.2 Å². The molecule has 0 bridgehead atoms. The summed E-state index contributed by atoms with van der Waals surface area (Å²) in [5.74, 6) is 0.752. The number of nitrogens with zero attached hydrogens (tertiary/aromatic N) is 3. The largest absolute Gasteiger partial charge is 0.479 e. The molecule has 4 heterocycles. The number of ether oxygens (including phenoxy) is 1. The van der Waals surface area contributed by atoms with Crippen LogP contribution in [0, 0.1) is 0 Å². The van der Waals surface area contributed by atoms with E-state index < -0.39 is 16.3 Å². The van der Waals surface area contributed by atoms with E-state index in [1.807, 2.05) is 29.2 Å². The molecule has 36 heavy (non-hydrogen) atoms. The second-order valence-corrected chi connectivity index (χ2v) is 12.9. The highest BCUT2D eigenvalue weighted by Gasteiger charge is 2.35. The van der Waals surface area contributed by atoms with Gasteiger partial charge in [0.1, 0.15) is 5.75 Å². The minimum absolute atomic E-state index is 0.0476. The maximum absolute atomic E-state index is 13.1. The average molecular weight is 549 g/mol. The van der Waals surface area contributed by atoms with Gasteiger partial charge in [-0.1, -0.05) is 11.6 Å². The Kier molecular flexibility index (Phi) is 7.24. The van der Waals surface area contributed by atoms with Crippen molar-refractivity contribution >= 4 is 49.3 Å². The Balaban J connectivity index is 1.42. The summed E-state index contributed by atoms with van der Waals surface area (Å²) >= 11 is 8.09. The van der Waals surface area contributed by atoms with E-state index in [1.54, 1.807) is 17.5 Å². The number of piperidine rings is 1. The number of carbonyl (C=O) groups is 1. The van der Waals surface area contributed by atoms with Crippen molar-refractivity contribution in [2.24, 2.45) is 0 Å². The molecule has 0 saturated carbocycles. The number of hydrogen-bond acceptors (Lipinski definition) is 6. The fourth-order valence-electron chi connectivity index (χ4n) is 4.74. The zero-order valence-corrected chi connectivity index (χ0v) is 22.7. The van der Waals surface area contributed by atoms with Gasteiger partial charge in [-0.15, -0.1) is 11.3 Å². The number of pyridine rings is 1. The lowest BCUT2D eigenvalue weighted by Crippen LogP contribution is -2.43. The van der Waals surface area contributed by atoms with E-state index in [2.05, 4.69) is 9.71 Å². The van der Waals surface area contributed by atoms with Crippen LogP contribution in [0.5, 0.6) is 5.75 Å². The van der Waals surface area contributed by atoms with Gasteiger partial charge >= 0.3 is 0 Å². The standard InChI is InChI=1S/C25H29ClN4O4S2/c1-29(2)36(32,33)28-9-6-18-15-21-24(35-18)19(7-8-27-21)20-14-17(26)12-16-13-22(34-23(16)20)25(31)30-10-4-3-5-11-30/h7-8,12,14-15,22,28H,3-6,9-11,13H2,1-2H3. The van der Waals surface area contributed by atoms with Crippen molar-refractivity contribution in [3.63, 3.8) is 0 Å². The SMILES string of the molecule is CN(C)S(=O)(=O)NCCc1cc2nccc(-c3cc(Cl)cc4c3OC(C(=O)N3CCCCC3)C4)c2s1. The summed E-state index contributed by atoms with van der Waals surface area (Å²) in [6.45, 7) is 1.87. The first kappa shape index (κ1) is 25.4. The van der Waals surface area contributed by atoms with Gasteiger partial charge in [0.25, 0.3) is 16.1 Å². The first-order valence-corrected chi connectivity index (χ1v) is 14.7. The molecule has 1 unspecified atom stereocenters. The molecular weight excluding hydrogens is 520 g/mol. The number of nitrogens with one attached hydrogen (secondary N) is 1. The van der Waals surface area contributed by atoms with Crippen molar-refractivity contribution in [2.75, 3.05) is 33.7 Å². The number of hydrogen-bond donors (Lipinski definition) is 1. The highest BCUT2D eigenvalue weighted by molar-refractivity contribution is 7.87. The molecule has 1 aromatic carbocycles. The highest BCUT2D eigenvalue weighted by atomic mass is 35.5. The minimum atomic E-state index is -3.47. The maximum Gasteiger partial charge on any atom is 0.278 e. The molecule has 0 radical (unpaired) electrons. The molecule has 2 aromatic heterocycles. The first-order chi connectivity index (χ1) is 17.2. The van der Waals surface area contributed by atoms with E-state index in [1.165, 1.54) is 14.1 Å². The van der Waals surface area contributed by atoms with Gasteiger partial charge in [-0.3, -0.25) is 9.78 Å². The predicted molar refractivity (Wildman–Crippen MR) is 143 cm³/mol. The Hall–Kier alpha value is -2.24. The minimum Gasteiger partial charge on any atom is -0.479 e. The van der Waals surface area contributed by atoms with Gasteiger partial charge in [-0.2, -0.15) is 12.7 Å². The fraction of sp³-hybridized carbons (Fsp3) is 0.440. The number of carbonyl (C=O) groups excluding carboxylic acids is 1. The van der Waals surface area contributed by atoms with Gasteiger partial charge in [0, 0.05) is 72.9 Å². The van der Waals surface area contributed by atoms with Crippen LogP contribution in [-0.2, 0) is 27.8 Å². The number of thiophene rings is 1. The molecule has 2 aliphatic heterocycles. The molecular formula is C25H29ClN4O4S2. The number of rotatable bonds is 7. The average Bonchev–Trinajstić information content (AvgIpc) is 3.47. The predicted octanol–water partition coefficient (Wildman–Crippen LogP) is 3.87. The maximum atomic E-state index is 13.1. The van der Waals surface area contributed by atoms with Crippen LogP contribution in [0.1, 0.15) is 29.7 Å². The Labute approximate surface area is 220 Å². The van der Waals surface area contributed by atoms with Gasteiger partial charge in [-0.05, 0) is 49.9 Å². The number of fused-ring (bicyclic) bond motifs is 2. The topological polar surface area (TPSA) is 91.8 Å². The smallest absolute Gasteiger partial charge is 0.278 e. The van der Waals surface area contributed by atoms with Gasteiger partial charge in [0.15, 0.2) is 6.10 Å². The van der Waals surface area contributed by atoms with Crippen LogP contribution < -0.4 is 9.46 Å². The lowest BCUT2D eigenvalue weighted by Gasteiger charge is -2.28. The molecule has 2 aliphatic rings. The van der Waals surface area contributed by atoms with Crippen molar-refractivity contribution in [1.29, 1.82) is 0 Å². The third-order valence-corrected chi connectivity index (χ3v) is 9.59. The molecule has 11 heteroatoms. The number of aromatic nitrogens is 1. The van der Waals surface area contributed by atoms with Crippen molar-refractivity contribution in [3.05, 3.63) is 45.9 Å². The third-order valence-electron chi connectivity index (χ3n) is 6.63. The van der Waals surface area contributed by atoms with E-state index in [0.717, 1.165) is 68.4 Å². The zero-order valence-electron chi connectivity index (χ0n) is 20.3. The summed E-state index contributed by atoms with van der Waals surface area (Å²) < 4.78 is 35.0.